The Kier molecular flexibility index (Phi) is 10.8. The summed E-state index contributed by atoms with van der Waals surface area (Å²) in [4.78, 5) is 0. The van der Waals surface area contributed by atoms with Crippen LogP contribution in [0.25, 0.3) is 0 Å². The van der Waals surface area contributed by atoms with Crippen LogP contribution in [-0.4, -0.2) is 43.4 Å². The van der Waals surface area contributed by atoms with Crippen molar-refractivity contribution in [2.45, 2.75) is 25.7 Å². The maximum atomic E-state index is 6.60. The van der Waals surface area contributed by atoms with Gasteiger partial charge in [-0.3, -0.25) is 0 Å². The molecule has 4 aromatic rings. The fourth-order valence-electron chi connectivity index (χ4n) is 4.04. The zero-order chi connectivity index (χ0) is 25.1. The molecular weight excluding hydrogens is 612 g/mol. The van der Waals surface area contributed by atoms with Crippen molar-refractivity contribution in [3.63, 3.8) is 0 Å². The second-order valence-electron chi connectivity index (χ2n) is 8.53. The fraction of sp³-hybridized carbons (Fsp3) is 0.200. The molecule has 2 nitrogen and oxygen atoms in total. The fourth-order valence-corrected chi connectivity index (χ4v) is 12.3. The quantitative estimate of drug-likeness (QED) is 0.102. The predicted molar refractivity (Wildman–Crippen MR) is 160 cm³/mol. The molecule has 0 saturated heterocycles. The molecule has 4 rings (SSSR count). The van der Waals surface area contributed by atoms with Gasteiger partial charge in [0, 0.05) is 0 Å². The summed E-state index contributed by atoms with van der Waals surface area (Å²) in [5.74, 6) is 0. The molecule has 6 heteroatoms. The van der Waals surface area contributed by atoms with Crippen molar-refractivity contribution in [1.82, 2.24) is 0 Å². The summed E-state index contributed by atoms with van der Waals surface area (Å²) in [5.41, 5.74) is -3.95. The molecule has 0 saturated carbocycles. The Morgan fingerprint density at radius 2 is 0.639 bits per heavy atom. The van der Waals surface area contributed by atoms with Crippen molar-refractivity contribution in [2.24, 2.45) is 0 Å². The molecule has 0 spiro atoms. The normalized spacial score (nSPS) is 11.9. The summed E-state index contributed by atoms with van der Waals surface area (Å²) in [6, 6.07) is 42.3. The summed E-state index contributed by atoms with van der Waals surface area (Å²) >= 11 is 6.90. The van der Waals surface area contributed by atoms with E-state index in [1.165, 1.54) is 21.2 Å². The molecule has 0 bridgehead atoms. The van der Waals surface area contributed by atoms with E-state index in [0.717, 1.165) is 38.9 Å². The van der Waals surface area contributed by atoms with Gasteiger partial charge >= 0.3 is 232 Å². The molecule has 0 heterocycles. The Morgan fingerprint density at radius 1 is 0.389 bits per heavy atom. The maximum absolute atomic E-state index is 6.60. The summed E-state index contributed by atoms with van der Waals surface area (Å²) in [6.07, 6.45) is 4.34. The molecule has 0 aliphatic carbocycles. The molecule has 36 heavy (non-hydrogen) atoms. The Balaban J connectivity index is 1.28. The summed E-state index contributed by atoms with van der Waals surface area (Å²) in [6.45, 7) is 1.50. The third-order valence-corrected chi connectivity index (χ3v) is 17.6. The van der Waals surface area contributed by atoms with E-state index in [4.69, 9.17) is 9.05 Å². The predicted octanol–water partition coefficient (Wildman–Crippen LogP) is 5.91. The van der Waals surface area contributed by atoms with Gasteiger partial charge in [0.1, 0.15) is 0 Å². The van der Waals surface area contributed by atoms with Crippen molar-refractivity contribution in [3.8, 4) is 0 Å². The van der Waals surface area contributed by atoms with Crippen LogP contribution >= 0.6 is 11.5 Å². The van der Waals surface area contributed by atoms with Crippen LogP contribution < -0.4 is 21.2 Å². The molecule has 0 fully saturated rings. The first kappa shape index (κ1) is 27.7. The standard InChI is InChI=1S/C30H32O2P2Se2/c35-33(27-17-7-3-8-18-27,28-19-9-4-10-20-28)31-25-15-1-2-16-26-32-34(36,29-21-11-5-12-22-29)30-23-13-6-14-24-30/h3-14,17-24H,1-2,15-16,25-26H2. The van der Waals surface area contributed by atoms with Crippen molar-refractivity contribution in [3.05, 3.63) is 121 Å². The Labute approximate surface area is 231 Å². The average molecular weight is 644 g/mol. The van der Waals surface area contributed by atoms with Crippen LogP contribution in [0.1, 0.15) is 25.7 Å². The van der Waals surface area contributed by atoms with Crippen LogP contribution in [0.3, 0.4) is 0 Å². The van der Waals surface area contributed by atoms with Crippen molar-refractivity contribution in [2.75, 3.05) is 13.2 Å². The van der Waals surface area contributed by atoms with Gasteiger partial charge in [0.2, 0.25) is 0 Å². The van der Waals surface area contributed by atoms with Crippen LogP contribution in [0, 0.1) is 0 Å². The van der Waals surface area contributed by atoms with Crippen molar-refractivity contribution in [1.29, 1.82) is 0 Å². The minimum atomic E-state index is -1.98. The third kappa shape index (κ3) is 7.17. The van der Waals surface area contributed by atoms with Crippen LogP contribution in [0.15, 0.2) is 121 Å². The second kappa shape index (κ2) is 14.0. The monoisotopic (exact) mass is 646 g/mol. The number of hydrogen-bond donors (Lipinski definition) is 0. The Bertz CT molecular complexity index is 1090. The molecule has 0 aliphatic rings. The first-order valence-electron chi connectivity index (χ1n) is 12.3. The molecular formula is C30H32O2P2Se2. The summed E-state index contributed by atoms with van der Waals surface area (Å²) in [7, 11) is 0. The van der Waals surface area contributed by atoms with Gasteiger partial charge in [0.25, 0.3) is 0 Å². The van der Waals surface area contributed by atoms with Gasteiger partial charge in [-0.05, 0) is 0 Å². The van der Waals surface area contributed by atoms with Crippen LogP contribution in [0.5, 0.6) is 0 Å². The number of unbranched alkanes of at least 4 members (excludes halogenated alkanes) is 3. The van der Waals surface area contributed by atoms with Gasteiger partial charge in [-0.2, -0.15) is 0 Å². The van der Waals surface area contributed by atoms with Gasteiger partial charge in [-0.25, -0.2) is 0 Å². The second-order valence-corrected chi connectivity index (χ2v) is 19.8. The van der Waals surface area contributed by atoms with E-state index in [2.05, 4.69) is 152 Å². The Hall–Kier alpha value is -1.30. The first-order valence-corrected chi connectivity index (χ1v) is 20.2. The van der Waals surface area contributed by atoms with Crippen LogP contribution in [-0.2, 0) is 9.05 Å². The molecule has 4 aromatic carbocycles. The minimum absolute atomic E-state index is 0.748. The van der Waals surface area contributed by atoms with Crippen LogP contribution in [0.2, 0.25) is 0 Å². The first-order chi connectivity index (χ1) is 17.6. The molecule has 0 unspecified atom stereocenters. The molecule has 0 aromatic heterocycles. The SMILES string of the molecule is [Se]=P(OCCCCCCOP(=[Se])(c1ccccc1)c1ccccc1)(c1ccccc1)c1ccccc1. The van der Waals surface area contributed by atoms with Crippen molar-refractivity contribution < 1.29 is 9.05 Å². The summed E-state index contributed by atoms with van der Waals surface area (Å²) in [5, 5.41) is 4.97. The average Bonchev–Trinajstić information content (AvgIpc) is 2.96. The zero-order valence-electron chi connectivity index (χ0n) is 20.3. The molecule has 0 atom stereocenters. The van der Waals surface area contributed by atoms with Crippen molar-refractivity contribution >= 4 is 62.9 Å². The number of benzene rings is 4. The van der Waals surface area contributed by atoms with E-state index in [9.17, 15) is 0 Å². The molecule has 0 amide bonds. The zero-order valence-corrected chi connectivity index (χ0v) is 25.5. The molecule has 0 aliphatic heterocycles. The van der Waals surface area contributed by atoms with E-state index in [-0.39, 0.29) is 0 Å². The van der Waals surface area contributed by atoms with Gasteiger partial charge in [0.05, 0.1) is 0 Å². The van der Waals surface area contributed by atoms with E-state index in [1.54, 1.807) is 0 Å². The Morgan fingerprint density at radius 3 is 0.889 bits per heavy atom. The van der Waals surface area contributed by atoms with E-state index >= 15 is 0 Å². The molecule has 0 radical (unpaired) electrons. The molecule has 0 N–H and O–H groups in total. The van der Waals surface area contributed by atoms with Gasteiger partial charge in [-0.1, -0.05) is 0 Å². The van der Waals surface area contributed by atoms with E-state index < -0.39 is 11.5 Å². The number of rotatable bonds is 13. The van der Waals surface area contributed by atoms with Gasteiger partial charge < -0.3 is 0 Å². The third-order valence-electron chi connectivity index (χ3n) is 5.97. The summed E-state index contributed by atoms with van der Waals surface area (Å²) < 4.78 is 13.2. The topological polar surface area (TPSA) is 18.5 Å². The van der Waals surface area contributed by atoms with E-state index in [1.807, 2.05) is 0 Å². The van der Waals surface area contributed by atoms with Crippen LogP contribution in [0.4, 0.5) is 0 Å². The number of hydrogen-bond acceptors (Lipinski definition) is 2. The van der Waals surface area contributed by atoms with Gasteiger partial charge in [-0.15, -0.1) is 0 Å². The van der Waals surface area contributed by atoms with E-state index in [0.29, 0.717) is 0 Å². The molecule has 186 valence electrons. The van der Waals surface area contributed by atoms with Gasteiger partial charge in [0.15, 0.2) is 0 Å².